The van der Waals surface area contributed by atoms with Crippen molar-refractivity contribution < 1.29 is 0 Å². The summed E-state index contributed by atoms with van der Waals surface area (Å²) in [5.74, 6) is 1.75. The van der Waals surface area contributed by atoms with Gasteiger partial charge in [-0.1, -0.05) is 48.0 Å². The summed E-state index contributed by atoms with van der Waals surface area (Å²) in [4.78, 5) is 7.23. The zero-order valence-electron chi connectivity index (χ0n) is 11.9. The molecule has 0 aliphatic carbocycles. The van der Waals surface area contributed by atoms with E-state index in [2.05, 4.69) is 65.9 Å². The minimum atomic E-state index is 0.636. The Bertz CT molecular complexity index is 551. The van der Waals surface area contributed by atoms with Crippen LogP contribution in [0.25, 0.3) is 10.9 Å². The molecule has 102 valence electrons. The van der Waals surface area contributed by atoms with Crippen molar-refractivity contribution in [2.75, 3.05) is 18.0 Å². The maximum atomic E-state index is 4.87. The summed E-state index contributed by atoms with van der Waals surface area (Å²) in [7, 11) is 0. The highest BCUT2D eigenvalue weighted by atomic mass is 79.9. The second-order valence-electron chi connectivity index (χ2n) is 5.23. The highest BCUT2D eigenvalue weighted by molar-refractivity contribution is 9.08. The van der Waals surface area contributed by atoms with Crippen molar-refractivity contribution in [3.05, 3.63) is 35.9 Å². The summed E-state index contributed by atoms with van der Waals surface area (Å²) in [5.41, 5.74) is 2.34. The summed E-state index contributed by atoms with van der Waals surface area (Å²) < 4.78 is 0. The van der Waals surface area contributed by atoms with Gasteiger partial charge in [0, 0.05) is 29.4 Å². The number of hydrogen-bond donors (Lipinski definition) is 0. The Balaban J connectivity index is 2.50. The van der Waals surface area contributed by atoms with Crippen LogP contribution in [0.3, 0.4) is 0 Å². The van der Waals surface area contributed by atoms with E-state index in [4.69, 9.17) is 4.98 Å². The quantitative estimate of drug-likeness (QED) is 0.748. The number of para-hydroxylation sites is 1. The standard InChI is InChI=1S/C16H21BrN2/c1-4-19(11-12(2)3)16-14(10-17)9-13-7-5-6-8-15(13)18-16/h5-9,12H,4,10-11H2,1-3H3. The Labute approximate surface area is 124 Å². The zero-order chi connectivity index (χ0) is 13.8. The van der Waals surface area contributed by atoms with Gasteiger partial charge in [-0.2, -0.15) is 0 Å². The Morgan fingerprint density at radius 2 is 2.00 bits per heavy atom. The van der Waals surface area contributed by atoms with Gasteiger partial charge in [-0.15, -0.1) is 0 Å². The van der Waals surface area contributed by atoms with E-state index < -0.39 is 0 Å². The predicted octanol–water partition coefficient (Wildman–Crippen LogP) is 4.61. The third-order valence-electron chi connectivity index (χ3n) is 3.19. The molecule has 19 heavy (non-hydrogen) atoms. The van der Waals surface area contributed by atoms with Crippen molar-refractivity contribution in [2.45, 2.75) is 26.1 Å². The molecule has 0 saturated carbocycles. The van der Waals surface area contributed by atoms with Crippen LogP contribution in [-0.2, 0) is 5.33 Å². The summed E-state index contributed by atoms with van der Waals surface area (Å²) >= 11 is 3.59. The summed E-state index contributed by atoms with van der Waals surface area (Å²) in [6.45, 7) is 8.72. The minimum Gasteiger partial charge on any atom is -0.356 e. The summed E-state index contributed by atoms with van der Waals surface area (Å²) in [6.07, 6.45) is 0. The minimum absolute atomic E-state index is 0.636. The highest BCUT2D eigenvalue weighted by Gasteiger charge is 2.13. The average Bonchev–Trinajstić information content (AvgIpc) is 2.43. The van der Waals surface area contributed by atoms with Crippen LogP contribution >= 0.6 is 15.9 Å². The molecule has 1 heterocycles. The van der Waals surface area contributed by atoms with E-state index in [0.29, 0.717) is 5.92 Å². The third-order valence-corrected chi connectivity index (χ3v) is 3.79. The molecule has 1 aromatic carbocycles. The topological polar surface area (TPSA) is 16.1 Å². The van der Waals surface area contributed by atoms with Gasteiger partial charge in [0.15, 0.2) is 0 Å². The molecule has 2 nitrogen and oxygen atoms in total. The van der Waals surface area contributed by atoms with E-state index >= 15 is 0 Å². The number of halogens is 1. The molecule has 0 fully saturated rings. The molecule has 0 unspecified atom stereocenters. The second kappa shape index (κ2) is 6.38. The summed E-state index contributed by atoms with van der Waals surface area (Å²) in [6, 6.07) is 10.6. The highest BCUT2D eigenvalue weighted by Crippen LogP contribution is 2.26. The lowest BCUT2D eigenvalue weighted by atomic mass is 10.1. The average molecular weight is 321 g/mol. The largest absolute Gasteiger partial charge is 0.356 e. The first-order chi connectivity index (χ1) is 9.15. The number of alkyl halides is 1. The molecule has 0 aliphatic heterocycles. The van der Waals surface area contributed by atoms with Gasteiger partial charge in [-0.05, 0) is 25.0 Å². The van der Waals surface area contributed by atoms with Crippen LogP contribution in [0.5, 0.6) is 0 Å². The second-order valence-corrected chi connectivity index (χ2v) is 5.79. The Morgan fingerprint density at radius 1 is 1.26 bits per heavy atom. The van der Waals surface area contributed by atoms with Crippen molar-refractivity contribution >= 4 is 32.7 Å². The van der Waals surface area contributed by atoms with E-state index in [1.165, 1.54) is 10.9 Å². The van der Waals surface area contributed by atoms with Crippen LogP contribution in [0.1, 0.15) is 26.3 Å². The normalized spacial score (nSPS) is 11.2. The molecule has 2 rings (SSSR count). The SMILES string of the molecule is CCN(CC(C)C)c1nc2ccccc2cc1CBr. The van der Waals surface area contributed by atoms with Gasteiger partial charge in [0.25, 0.3) is 0 Å². The van der Waals surface area contributed by atoms with Crippen molar-refractivity contribution in [1.29, 1.82) is 0 Å². The molecular weight excluding hydrogens is 300 g/mol. The number of rotatable bonds is 5. The van der Waals surface area contributed by atoms with Crippen LogP contribution in [0.4, 0.5) is 5.82 Å². The van der Waals surface area contributed by atoms with Crippen molar-refractivity contribution in [2.24, 2.45) is 5.92 Å². The van der Waals surface area contributed by atoms with Crippen molar-refractivity contribution in [1.82, 2.24) is 4.98 Å². The number of nitrogens with zero attached hydrogens (tertiary/aromatic N) is 2. The number of anilines is 1. The number of pyridine rings is 1. The predicted molar refractivity (Wildman–Crippen MR) is 87.1 cm³/mol. The summed E-state index contributed by atoms with van der Waals surface area (Å²) in [5, 5.41) is 2.05. The Kier molecular flexibility index (Phi) is 4.81. The molecule has 0 bridgehead atoms. The van der Waals surface area contributed by atoms with E-state index in [1.54, 1.807) is 0 Å². The monoisotopic (exact) mass is 320 g/mol. The number of fused-ring (bicyclic) bond motifs is 1. The molecule has 0 saturated heterocycles. The van der Waals surface area contributed by atoms with Gasteiger partial charge in [-0.3, -0.25) is 0 Å². The molecule has 0 spiro atoms. The van der Waals surface area contributed by atoms with E-state index in [-0.39, 0.29) is 0 Å². The molecule has 1 aromatic heterocycles. The Morgan fingerprint density at radius 3 is 2.63 bits per heavy atom. The molecule has 0 atom stereocenters. The molecule has 0 N–H and O–H groups in total. The first kappa shape index (κ1) is 14.3. The fourth-order valence-corrected chi connectivity index (χ4v) is 2.74. The van der Waals surface area contributed by atoms with E-state index in [9.17, 15) is 0 Å². The van der Waals surface area contributed by atoms with Gasteiger partial charge in [0.05, 0.1) is 5.52 Å². The number of hydrogen-bond acceptors (Lipinski definition) is 2. The van der Waals surface area contributed by atoms with Gasteiger partial charge < -0.3 is 4.90 Å². The lowest BCUT2D eigenvalue weighted by molar-refractivity contribution is 0.614. The zero-order valence-corrected chi connectivity index (χ0v) is 13.4. The molecule has 3 heteroatoms. The number of benzene rings is 1. The lowest BCUT2D eigenvalue weighted by Crippen LogP contribution is -2.29. The van der Waals surface area contributed by atoms with Gasteiger partial charge in [0.1, 0.15) is 5.82 Å². The maximum Gasteiger partial charge on any atom is 0.133 e. The maximum absolute atomic E-state index is 4.87. The van der Waals surface area contributed by atoms with Crippen molar-refractivity contribution in [3.8, 4) is 0 Å². The van der Waals surface area contributed by atoms with Crippen LogP contribution in [0, 0.1) is 5.92 Å². The van der Waals surface area contributed by atoms with Crippen LogP contribution in [0.15, 0.2) is 30.3 Å². The van der Waals surface area contributed by atoms with Gasteiger partial charge >= 0.3 is 0 Å². The fraction of sp³-hybridized carbons (Fsp3) is 0.438. The molecule has 2 aromatic rings. The fourth-order valence-electron chi connectivity index (χ4n) is 2.33. The molecular formula is C16H21BrN2. The third kappa shape index (κ3) is 3.27. The molecule has 0 radical (unpaired) electrons. The first-order valence-electron chi connectivity index (χ1n) is 6.85. The van der Waals surface area contributed by atoms with Gasteiger partial charge in [0.2, 0.25) is 0 Å². The van der Waals surface area contributed by atoms with Crippen LogP contribution in [-0.4, -0.2) is 18.1 Å². The molecule has 0 aliphatic rings. The Hall–Kier alpha value is -1.09. The smallest absolute Gasteiger partial charge is 0.133 e. The van der Waals surface area contributed by atoms with Crippen LogP contribution in [0.2, 0.25) is 0 Å². The van der Waals surface area contributed by atoms with Crippen LogP contribution < -0.4 is 4.90 Å². The van der Waals surface area contributed by atoms with E-state index in [1.807, 2.05) is 6.07 Å². The number of aromatic nitrogens is 1. The first-order valence-corrected chi connectivity index (χ1v) is 7.97. The lowest BCUT2D eigenvalue weighted by Gasteiger charge is -2.26. The van der Waals surface area contributed by atoms with Crippen molar-refractivity contribution in [3.63, 3.8) is 0 Å². The molecule has 0 amide bonds. The van der Waals surface area contributed by atoms with Gasteiger partial charge in [-0.25, -0.2) is 4.98 Å². The van der Waals surface area contributed by atoms with E-state index in [0.717, 1.165) is 29.8 Å².